The fourth-order valence-electron chi connectivity index (χ4n) is 0.437. The molecule has 0 aliphatic rings. The lowest BCUT2D eigenvalue weighted by atomic mass is 10.7. The molecule has 0 aromatic carbocycles. The molecule has 2 nitrogen and oxygen atoms in total. The van der Waals surface area contributed by atoms with E-state index in [4.69, 9.17) is 0 Å². The van der Waals surface area contributed by atoms with Crippen LogP contribution in [0.4, 0.5) is 0 Å². The zero-order valence-electron chi connectivity index (χ0n) is 5.37. The van der Waals surface area contributed by atoms with E-state index in [-0.39, 0.29) is 0 Å². The van der Waals surface area contributed by atoms with Gasteiger partial charge in [-0.05, 0) is 24.3 Å². The van der Waals surface area contributed by atoms with Crippen LogP contribution < -0.4 is 0 Å². The minimum atomic E-state index is 1.57. The van der Waals surface area contributed by atoms with Crippen LogP contribution in [-0.2, 0) is 0 Å². The number of rotatable bonds is 0. The van der Waals surface area contributed by atoms with Gasteiger partial charge in [0.15, 0.2) is 6.26 Å². The Hall–Kier alpha value is -1.44. The van der Waals surface area contributed by atoms with Crippen molar-refractivity contribution in [3.8, 4) is 0 Å². The summed E-state index contributed by atoms with van der Waals surface area (Å²) in [6.07, 6.45) is 8.61. The second-order valence-electron chi connectivity index (χ2n) is 1.55. The van der Waals surface area contributed by atoms with Crippen molar-refractivity contribution in [2.24, 2.45) is 0 Å². The Bertz CT molecular complexity index is 148. The summed E-state index contributed by atoms with van der Waals surface area (Å²) in [5.41, 5.74) is 0. The van der Waals surface area contributed by atoms with Crippen LogP contribution in [0.25, 0.3) is 0 Å². The Kier molecular flexibility index (Phi) is 2.96. The van der Waals surface area contributed by atoms with Crippen LogP contribution in [0, 0.1) is 12.5 Å². The van der Waals surface area contributed by atoms with Gasteiger partial charge in [0, 0.05) is 6.20 Å². The Morgan fingerprint density at radius 1 is 1.20 bits per heavy atom. The molecule has 10 heavy (non-hydrogen) atoms. The molecule has 2 radical (unpaired) electrons. The molecular formula is C8H7NO. The monoisotopic (exact) mass is 133 g/mol. The Morgan fingerprint density at radius 3 is 2.40 bits per heavy atom. The van der Waals surface area contributed by atoms with Crippen LogP contribution in [0.5, 0.6) is 0 Å². The van der Waals surface area contributed by atoms with E-state index < -0.39 is 0 Å². The summed E-state index contributed by atoms with van der Waals surface area (Å²) in [7, 11) is 0. The molecule has 0 amide bonds. The van der Waals surface area contributed by atoms with Gasteiger partial charge in [-0.2, -0.15) is 0 Å². The predicted octanol–water partition coefficient (Wildman–Crippen LogP) is 1.89. The molecule has 1 N–H and O–H groups in total. The second-order valence-corrected chi connectivity index (χ2v) is 1.55. The third-order valence-corrected chi connectivity index (χ3v) is 0.821. The number of aromatic nitrogens is 1. The number of hydrogen-bond donors (Lipinski definition) is 1. The quantitative estimate of drug-likeness (QED) is 0.584. The van der Waals surface area contributed by atoms with Gasteiger partial charge in [-0.3, -0.25) is 0 Å². The molecule has 2 aromatic rings. The molecule has 0 spiro atoms. The first-order chi connectivity index (χ1) is 5.00. The zero-order chi connectivity index (χ0) is 7.07. The average Bonchev–Trinajstić information content (AvgIpc) is 2.67. The van der Waals surface area contributed by atoms with Crippen LogP contribution in [0.2, 0.25) is 0 Å². The van der Waals surface area contributed by atoms with Gasteiger partial charge in [0.2, 0.25) is 0 Å². The van der Waals surface area contributed by atoms with E-state index in [1.54, 1.807) is 18.4 Å². The maximum absolute atomic E-state index is 4.46. The molecule has 0 unspecified atom stereocenters. The van der Waals surface area contributed by atoms with Crippen molar-refractivity contribution in [1.82, 2.24) is 4.98 Å². The number of aromatic amines is 1. The molecular weight excluding hydrogens is 126 g/mol. The average molecular weight is 133 g/mol. The molecule has 2 heteroatoms. The first-order valence-electron chi connectivity index (χ1n) is 2.89. The smallest absolute Gasteiger partial charge is 0.169 e. The summed E-state index contributed by atoms with van der Waals surface area (Å²) >= 11 is 0. The van der Waals surface area contributed by atoms with Gasteiger partial charge in [0.05, 0.1) is 12.5 Å². The maximum atomic E-state index is 4.46. The van der Waals surface area contributed by atoms with Crippen molar-refractivity contribution >= 4 is 0 Å². The fraction of sp³-hybridized carbons (Fsp3) is 0. The van der Waals surface area contributed by atoms with Crippen LogP contribution >= 0.6 is 0 Å². The molecule has 0 atom stereocenters. The normalized spacial score (nSPS) is 8.00. The highest BCUT2D eigenvalue weighted by Crippen LogP contribution is 1.78. The Labute approximate surface area is 59.5 Å². The largest absolute Gasteiger partial charge is 0.461 e. The standard InChI is InChI=1S/C4H4N.C4H3O/c2*1-2-4-5-3-1/h1-3,5H;1-3H. The van der Waals surface area contributed by atoms with E-state index in [0.29, 0.717) is 0 Å². The van der Waals surface area contributed by atoms with Gasteiger partial charge in [-0.15, -0.1) is 0 Å². The molecule has 2 aromatic heterocycles. The minimum Gasteiger partial charge on any atom is -0.461 e. The van der Waals surface area contributed by atoms with Crippen LogP contribution in [0.1, 0.15) is 0 Å². The molecule has 2 rings (SSSR count). The topological polar surface area (TPSA) is 28.9 Å². The highest BCUT2D eigenvalue weighted by Gasteiger charge is 1.61. The SMILES string of the molecule is [c]1ccc[nH]1.[c]1ccco1. The summed E-state index contributed by atoms with van der Waals surface area (Å²) in [4.78, 5) is 2.74. The summed E-state index contributed by atoms with van der Waals surface area (Å²) in [6, 6.07) is 7.19. The minimum absolute atomic E-state index is 1.57. The van der Waals surface area contributed by atoms with E-state index in [2.05, 4.69) is 21.9 Å². The highest BCUT2D eigenvalue weighted by atomic mass is 16.3. The lowest BCUT2D eigenvalue weighted by Gasteiger charge is -1.48. The fourth-order valence-corrected chi connectivity index (χ4v) is 0.437. The number of furan rings is 1. The van der Waals surface area contributed by atoms with E-state index in [9.17, 15) is 0 Å². The van der Waals surface area contributed by atoms with Crippen LogP contribution in [0.15, 0.2) is 41.1 Å². The van der Waals surface area contributed by atoms with Crippen molar-refractivity contribution in [3.05, 3.63) is 49.2 Å². The number of H-pyrrole nitrogens is 1. The summed E-state index contributed by atoms with van der Waals surface area (Å²) in [6.45, 7) is 0. The molecule has 0 fully saturated rings. The molecule has 0 saturated carbocycles. The van der Waals surface area contributed by atoms with Gasteiger partial charge in [0.1, 0.15) is 0 Å². The van der Waals surface area contributed by atoms with Crippen LogP contribution in [0.3, 0.4) is 0 Å². The van der Waals surface area contributed by atoms with Gasteiger partial charge >= 0.3 is 0 Å². The lowest BCUT2D eigenvalue weighted by molar-refractivity contribution is 0.558. The summed E-state index contributed by atoms with van der Waals surface area (Å²) in [5, 5.41) is 0. The van der Waals surface area contributed by atoms with E-state index in [0.717, 1.165) is 0 Å². The molecule has 0 saturated heterocycles. The third-order valence-electron chi connectivity index (χ3n) is 0.821. The third kappa shape index (κ3) is 2.77. The van der Waals surface area contributed by atoms with Crippen LogP contribution in [-0.4, -0.2) is 4.98 Å². The molecule has 2 heterocycles. The van der Waals surface area contributed by atoms with Crippen molar-refractivity contribution in [3.63, 3.8) is 0 Å². The summed E-state index contributed by atoms with van der Waals surface area (Å²) in [5.74, 6) is 0. The van der Waals surface area contributed by atoms with Crippen molar-refractivity contribution in [1.29, 1.82) is 0 Å². The highest BCUT2D eigenvalue weighted by molar-refractivity contribution is 4.83. The van der Waals surface area contributed by atoms with Gasteiger partial charge in [-0.1, -0.05) is 0 Å². The van der Waals surface area contributed by atoms with Crippen molar-refractivity contribution in [2.75, 3.05) is 0 Å². The lowest BCUT2D eigenvalue weighted by Crippen LogP contribution is -1.40. The first-order valence-corrected chi connectivity index (χ1v) is 2.89. The molecule has 50 valence electrons. The van der Waals surface area contributed by atoms with E-state index in [1.807, 2.05) is 18.3 Å². The second kappa shape index (κ2) is 4.44. The Balaban J connectivity index is 0.0000001000. The first kappa shape index (κ1) is 6.68. The maximum Gasteiger partial charge on any atom is 0.169 e. The van der Waals surface area contributed by atoms with Crippen molar-refractivity contribution in [2.45, 2.75) is 0 Å². The Morgan fingerprint density at radius 2 is 2.20 bits per heavy atom. The molecule has 0 aliphatic heterocycles. The van der Waals surface area contributed by atoms with E-state index in [1.165, 1.54) is 0 Å². The predicted molar refractivity (Wildman–Crippen MR) is 37.2 cm³/mol. The summed E-state index contributed by atoms with van der Waals surface area (Å²) < 4.78 is 4.46. The van der Waals surface area contributed by atoms with Gasteiger partial charge in [0.25, 0.3) is 0 Å². The zero-order valence-corrected chi connectivity index (χ0v) is 5.37. The number of hydrogen-bond acceptors (Lipinski definition) is 1. The van der Waals surface area contributed by atoms with Gasteiger partial charge < -0.3 is 9.40 Å². The van der Waals surface area contributed by atoms with Gasteiger partial charge in [-0.25, -0.2) is 0 Å². The molecule has 0 aliphatic carbocycles. The van der Waals surface area contributed by atoms with E-state index >= 15 is 0 Å². The molecule has 0 bridgehead atoms. The van der Waals surface area contributed by atoms with Crippen molar-refractivity contribution < 1.29 is 4.42 Å². The number of nitrogens with one attached hydrogen (secondary N) is 1.